The zero-order chi connectivity index (χ0) is 10.7. The molecule has 0 saturated carbocycles. The molecule has 15 heavy (non-hydrogen) atoms. The quantitative estimate of drug-likeness (QED) is 0.852. The van der Waals surface area contributed by atoms with Crippen LogP contribution >= 0.6 is 15.9 Å². The van der Waals surface area contributed by atoms with Gasteiger partial charge >= 0.3 is 0 Å². The van der Waals surface area contributed by atoms with Gasteiger partial charge in [0.15, 0.2) is 0 Å². The Labute approximate surface area is 98.3 Å². The van der Waals surface area contributed by atoms with Crippen molar-refractivity contribution in [3.8, 4) is 0 Å². The van der Waals surface area contributed by atoms with Crippen LogP contribution in [0.25, 0.3) is 0 Å². The first-order valence-corrected chi connectivity index (χ1v) is 6.04. The average Bonchev–Trinajstić information content (AvgIpc) is 2.65. The highest BCUT2D eigenvalue weighted by atomic mass is 79.9. The summed E-state index contributed by atoms with van der Waals surface area (Å²) in [5.41, 5.74) is 1.25. The van der Waals surface area contributed by atoms with E-state index < -0.39 is 0 Å². The molecule has 1 aliphatic heterocycles. The standard InChI is InChI=1S/C11H15BrN2O/c12-11-6-9(3-4-13-11)7-14-5-1-2-10(14)8-15/h3-4,6,10,15H,1-2,5,7-8H2. The number of halogens is 1. The monoisotopic (exact) mass is 270 g/mol. The van der Waals surface area contributed by atoms with Crippen molar-refractivity contribution in [3.05, 3.63) is 28.5 Å². The number of aliphatic hydroxyl groups is 1. The number of aromatic nitrogens is 1. The predicted octanol–water partition coefficient (Wildman–Crippen LogP) is 1.80. The van der Waals surface area contributed by atoms with Gasteiger partial charge in [-0.15, -0.1) is 0 Å². The molecule has 1 saturated heterocycles. The molecule has 2 rings (SSSR count). The lowest BCUT2D eigenvalue weighted by molar-refractivity contribution is 0.153. The molecule has 0 aromatic carbocycles. The van der Waals surface area contributed by atoms with Crippen molar-refractivity contribution in [2.75, 3.05) is 13.2 Å². The van der Waals surface area contributed by atoms with E-state index in [2.05, 4.69) is 25.8 Å². The summed E-state index contributed by atoms with van der Waals surface area (Å²) < 4.78 is 0.875. The number of hydrogen-bond acceptors (Lipinski definition) is 3. The van der Waals surface area contributed by atoms with E-state index in [1.165, 1.54) is 12.0 Å². The molecule has 1 aromatic rings. The van der Waals surface area contributed by atoms with E-state index in [1.54, 1.807) is 0 Å². The predicted molar refractivity (Wildman–Crippen MR) is 62.5 cm³/mol. The van der Waals surface area contributed by atoms with Crippen molar-refractivity contribution in [1.82, 2.24) is 9.88 Å². The fourth-order valence-corrected chi connectivity index (χ4v) is 2.50. The van der Waals surface area contributed by atoms with Gasteiger partial charge in [-0.05, 0) is 53.0 Å². The summed E-state index contributed by atoms with van der Waals surface area (Å²) in [7, 11) is 0. The summed E-state index contributed by atoms with van der Waals surface area (Å²) in [5, 5.41) is 9.21. The van der Waals surface area contributed by atoms with Gasteiger partial charge in [0, 0.05) is 18.8 Å². The second-order valence-electron chi connectivity index (χ2n) is 3.94. The summed E-state index contributed by atoms with van der Waals surface area (Å²) in [5.74, 6) is 0. The number of rotatable bonds is 3. The van der Waals surface area contributed by atoms with E-state index in [1.807, 2.05) is 18.3 Å². The van der Waals surface area contributed by atoms with E-state index >= 15 is 0 Å². The SMILES string of the molecule is OCC1CCCN1Cc1ccnc(Br)c1. The second-order valence-corrected chi connectivity index (χ2v) is 4.75. The second kappa shape index (κ2) is 5.05. The Kier molecular flexibility index (Phi) is 3.72. The highest BCUT2D eigenvalue weighted by Crippen LogP contribution is 2.20. The van der Waals surface area contributed by atoms with Crippen LogP contribution in [0.5, 0.6) is 0 Å². The fraction of sp³-hybridized carbons (Fsp3) is 0.545. The summed E-state index contributed by atoms with van der Waals surface area (Å²) in [6, 6.07) is 4.40. The Hall–Kier alpha value is -0.450. The molecule has 0 radical (unpaired) electrons. The maximum absolute atomic E-state index is 9.21. The van der Waals surface area contributed by atoms with E-state index in [0.29, 0.717) is 6.04 Å². The van der Waals surface area contributed by atoms with Crippen LogP contribution in [0.4, 0.5) is 0 Å². The third-order valence-electron chi connectivity index (χ3n) is 2.89. The first kappa shape index (κ1) is 11.0. The molecule has 1 unspecified atom stereocenters. The van der Waals surface area contributed by atoms with Gasteiger partial charge in [-0.1, -0.05) is 0 Å². The number of aliphatic hydroxyl groups excluding tert-OH is 1. The van der Waals surface area contributed by atoms with Crippen LogP contribution in [-0.2, 0) is 6.54 Å². The third-order valence-corrected chi connectivity index (χ3v) is 3.32. The van der Waals surface area contributed by atoms with Gasteiger partial charge in [0.25, 0.3) is 0 Å². The molecule has 82 valence electrons. The Bertz CT molecular complexity index is 332. The minimum absolute atomic E-state index is 0.270. The smallest absolute Gasteiger partial charge is 0.106 e. The molecular weight excluding hydrogens is 256 g/mol. The molecule has 1 atom stereocenters. The van der Waals surface area contributed by atoms with Crippen molar-refractivity contribution in [2.45, 2.75) is 25.4 Å². The van der Waals surface area contributed by atoms with Gasteiger partial charge in [0.1, 0.15) is 4.60 Å². The summed E-state index contributed by atoms with van der Waals surface area (Å²) in [4.78, 5) is 6.44. The van der Waals surface area contributed by atoms with Gasteiger partial charge in [-0.3, -0.25) is 4.90 Å². The molecule has 3 nitrogen and oxygen atoms in total. The van der Waals surface area contributed by atoms with Crippen molar-refractivity contribution in [1.29, 1.82) is 0 Å². The largest absolute Gasteiger partial charge is 0.395 e. The minimum Gasteiger partial charge on any atom is -0.395 e. The lowest BCUT2D eigenvalue weighted by atomic mass is 10.2. The minimum atomic E-state index is 0.270. The molecule has 1 aliphatic rings. The lowest BCUT2D eigenvalue weighted by Gasteiger charge is -2.22. The molecule has 0 spiro atoms. The van der Waals surface area contributed by atoms with Crippen LogP contribution in [0.2, 0.25) is 0 Å². The first-order chi connectivity index (χ1) is 7.29. The van der Waals surface area contributed by atoms with Crippen molar-refractivity contribution >= 4 is 15.9 Å². The van der Waals surface area contributed by atoms with Gasteiger partial charge in [-0.25, -0.2) is 4.98 Å². The number of likely N-dealkylation sites (tertiary alicyclic amines) is 1. The topological polar surface area (TPSA) is 36.4 Å². The van der Waals surface area contributed by atoms with Gasteiger partial charge in [0.2, 0.25) is 0 Å². The lowest BCUT2D eigenvalue weighted by Crippen LogP contribution is -2.31. The highest BCUT2D eigenvalue weighted by Gasteiger charge is 2.23. The van der Waals surface area contributed by atoms with Gasteiger partial charge in [-0.2, -0.15) is 0 Å². The molecule has 1 aromatic heterocycles. The normalized spacial score (nSPS) is 22.1. The average molecular weight is 271 g/mol. The van der Waals surface area contributed by atoms with Crippen molar-refractivity contribution < 1.29 is 5.11 Å². The third kappa shape index (κ3) is 2.77. The molecule has 2 heterocycles. The Morgan fingerprint density at radius 3 is 3.20 bits per heavy atom. The highest BCUT2D eigenvalue weighted by molar-refractivity contribution is 9.10. The zero-order valence-electron chi connectivity index (χ0n) is 8.56. The van der Waals surface area contributed by atoms with Crippen LogP contribution in [-0.4, -0.2) is 34.2 Å². The van der Waals surface area contributed by atoms with Gasteiger partial charge < -0.3 is 5.11 Å². The molecule has 0 bridgehead atoms. The Morgan fingerprint density at radius 1 is 1.60 bits per heavy atom. The fourth-order valence-electron chi connectivity index (χ4n) is 2.09. The molecule has 0 amide bonds. The zero-order valence-corrected chi connectivity index (χ0v) is 10.2. The number of hydrogen-bond donors (Lipinski definition) is 1. The van der Waals surface area contributed by atoms with Crippen LogP contribution < -0.4 is 0 Å². The molecule has 1 N–H and O–H groups in total. The van der Waals surface area contributed by atoms with E-state index in [4.69, 9.17) is 0 Å². The molecular formula is C11H15BrN2O. The summed E-state index contributed by atoms with van der Waals surface area (Å²) in [6.45, 7) is 2.27. The van der Waals surface area contributed by atoms with Crippen LogP contribution in [0.3, 0.4) is 0 Å². The van der Waals surface area contributed by atoms with Crippen LogP contribution in [0, 0.1) is 0 Å². The van der Waals surface area contributed by atoms with Crippen molar-refractivity contribution in [2.24, 2.45) is 0 Å². The van der Waals surface area contributed by atoms with Crippen LogP contribution in [0.15, 0.2) is 22.9 Å². The molecule has 0 aliphatic carbocycles. The van der Waals surface area contributed by atoms with E-state index in [0.717, 1.165) is 24.1 Å². The Balaban J connectivity index is 2.02. The van der Waals surface area contributed by atoms with E-state index in [-0.39, 0.29) is 6.61 Å². The van der Waals surface area contributed by atoms with Gasteiger partial charge in [0.05, 0.1) is 6.61 Å². The maximum atomic E-state index is 9.21. The number of pyridine rings is 1. The summed E-state index contributed by atoms with van der Waals surface area (Å²) >= 11 is 3.36. The summed E-state index contributed by atoms with van der Waals surface area (Å²) in [6.07, 6.45) is 4.11. The van der Waals surface area contributed by atoms with Crippen molar-refractivity contribution in [3.63, 3.8) is 0 Å². The van der Waals surface area contributed by atoms with E-state index in [9.17, 15) is 5.11 Å². The molecule has 1 fully saturated rings. The maximum Gasteiger partial charge on any atom is 0.106 e. The van der Waals surface area contributed by atoms with Crippen LogP contribution in [0.1, 0.15) is 18.4 Å². The molecule has 4 heteroatoms. The Morgan fingerprint density at radius 2 is 2.47 bits per heavy atom. The first-order valence-electron chi connectivity index (χ1n) is 5.25. The number of nitrogens with zero attached hydrogens (tertiary/aromatic N) is 2.